The topological polar surface area (TPSA) is 93.5 Å². The molecule has 3 aromatic heterocycles. The number of methoxy groups -OCH3 is 1. The monoisotopic (exact) mass is 1220 g/mol. The van der Waals surface area contributed by atoms with Gasteiger partial charge in [-0.3, -0.25) is 0 Å². The van der Waals surface area contributed by atoms with Crippen molar-refractivity contribution < 1.29 is 50.0 Å². The molecule has 6 aromatic carbocycles. The van der Waals surface area contributed by atoms with Gasteiger partial charge in [-0.15, -0.1) is 13.2 Å². The lowest BCUT2D eigenvalue weighted by Crippen LogP contribution is -2.35. The second kappa shape index (κ2) is 26.8. The van der Waals surface area contributed by atoms with Gasteiger partial charge < -0.3 is 38.6 Å². The lowest BCUT2D eigenvalue weighted by atomic mass is 9.85. The fraction of sp³-hybridized carbons (Fsp3) is 0.440. The third kappa shape index (κ3) is 12.8. The molecule has 9 aromatic rings. The highest BCUT2D eigenvalue weighted by atomic mass is 19.4. The van der Waals surface area contributed by atoms with E-state index in [4.69, 9.17) is 18.9 Å². The molecule has 0 fully saturated rings. The Balaban J connectivity index is 0.000000147. The van der Waals surface area contributed by atoms with Crippen LogP contribution in [0.2, 0.25) is 0 Å². The summed E-state index contributed by atoms with van der Waals surface area (Å²) in [5.74, 6) is 0.685. The summed E-state index contributed by atoms with van der Waals surface area (Å²) >= 11 is 0. The molecule has 0 spiro atoms. The Bertz CT molecular complexity index is 3930. The number of rotatable bonds is 17. The van der Waals surface area contributed by atoms with Crippen molar-refractivity contribution in [3.05, 3.63) is 165 Å². The lowest BCUT2D eigenvalue weighted by molar-refractivity contribution is -0.274. The summed E-state index contributed by atoms with van der Waals surface area (Å²) in [6.07, 6.45) is 4.92. The van der Waals surface area contributed by atoms with Crippen LogP contribution in [0, 0.1) is 0 Å². The zero-order valence-corrected chi connectivity index (χ0v) is 53.4. The van der Waals surface area contributed by atoms with E-state index in [1.165, 1.54) is 73.9 Å². The minimum Gasteiger partial charge on any atom is -0.497 e. The van der Waals surface area contributed by atoms with Crippen molar-refractivity contribution in [2.24, 2.45) is 0 Å². The number of nitrogens with one attached hydrogen (secondary N) is 3. The minimum absolute atomic E-state index is 0.160. The van der Waals surface area contributed by atoms with Gasteiger partial charge in [-0.1, -0.05) is 124 Å². The van der Waals surface area contributed by atoms with E-state index in [2.05, 4.69) is 111 Å². The molecule has 0 amide bonds. The number of fused-ring (bicyclic) bond motifs is 9. The summed E-state index contributed by atoms with van der Waals surface area (Å²) in [6, 6.07) is 33.1. The predicted molar refractivity (Wildman–Crippen MR) is 347 cm³/mol. The maximum absolute atomic E-state index is 13.7. The molecule has 14 heteroatoms. The number of aryl methyl sites for hydroxylation is 3. The van der Waals surface area contributed by atoms with Crippen molar-refractivity contribution in [2.75, 3.05) is 26.9 Å². The molecule has 0 saturated heterocycles. The molecule has 0 aliphatic carbocycles. The first-order valence-electron chi connectivity index (χ1n) is 32.4. The smallest absolute Gasteiger partial charge is 0.497 e. The predicted octanol–water partition coefficient (Wildman–Crippen LogP) is 21.1. The molecular weight excluding hydrogens is 1140 g/mol. The van der Waals surface area contributed by atoms with Gasteiger partial charge in [-0.25, -0.2) is 0 Å². The highest BCUT2D eigenvalue weighted by Crippen LogP contribution is 2.48. The first-order valence-corrected chi connectivity index (χ1v) is 32.4. The number of hydrogen-bond acceptors (Lipinski definition) is 5. The number of aromatic nitrogens is 3. The SMILES string of the molecule is CCCC1(CC)OCCc2c1[nH]c1c(CC)cc(-c3ccc(OC)cc3)cc21.CCCC1(CC)OCCc2c1[nH]c1c(CC)cc(-c3cccc(OC(F)(F)F)c3)cc21.CCCC1(CC)OCCc2c1[nH]c1c(CC)cc(-c3ccccc3C(F)(F)F)cc21. The second-order valence-corrected chi connectivity index (χ2v) is 24.1. The van der Waals surface area contributed by atoms with Gasteiger partial charge in [-0.2, -0.15) is 13.2 Å². The largest absolute Gasteiger partial charge is 0.573 e. The maximum Gasteiger partial charge on any atom is 0.573 e. The minimum atomic E-state index is -4.71. The average molecular weight is 1220 g/mol. The Kier molecular flexibility index (Phi) is 19.6. The normalized spacial score (nSPS) is 19.1. The van der Waals surface area contributed by atoms with Crippen LogP contribution < -0.4 is 9.47 Å². The fourth-order valence-corrected chi connectivity index (χ4v) is 14.6. The molecule has 6 heterocycles. The molecule has 3 unspecified atom stereocenters. The number of benzene rings is 6. The van der Waals surface area contributed by atoms with Crippen LogP contribution in [0.15, 0.2) is 109 Å². The molecule has 0 radical (unpaired) electrons. The quantitative estimate of drug-likeness (QED) is 0.0790. The van der Waals surface area contributed by atoms with Gasteiger partial charge in [0.2, 0.25) is 0 Å². The molecule has 3 atom stereocenters. The zero-order chi connectivity index (χ0) is 63.5. The van der Waals surface area contributed by atoms with Crippen LogP contribution in [0.25, 0.3) is 66.1 Å². The highest BCUT2D eigenvalue weighted by molar-refractivity contribution is 5.95. The summed E-state index contributed by atoms with van der Waals surface area (Å²) in [5.41, 5.74) is 18.1. The van der Waals surface area contributed by atoms with Crippen molar-refractivity contribution in [1.82, 2.24) is 15.0 Å². The molecule has 12 rings (SSSR count). The molecule has 0 bridgehead atoms. The summed E-state index contributed by atoms with van der Waals surface area (Å²) in [7, 11) is 1.71. The third-order valence-corrected chi connectivity index (χ3v) is 19.0. The first kappa shape index (κ1) is 65.0. The summed E-state index contributed by atoms with van der Waals surface area (Å²) in [4.78, 5) is 11.1. The van der Waals surface area contributed by atoms with Crippen molar-refractivity contribution in [2.45, 2.75) is 188 Å². The van der Waals surface area contributed by atoms with Crippen molar-refractivity contribution in [3.8, 4) is 44.9 Å². The Morgan fingerprint density at radius 2 is 0.854 bits per heavy atom. The molecule has 8 nitrogen and oxygen atoms in total. The lowest BCUT2D eigenvalue weighted by Gasteiger charge is -2.36. The fourth-order valence-electron chi connectivity index (χ4n) is 14.6. The van der Waals surface area contributed by atoms with Crippen molar-refractivity contribution >= 4 is 32.7 Å². The van der Waals surface area contributed by atoms with Crippen LogP contribution in [0.5, 0.6) is 11.5 Å². The van der Waals surface area contributed by atoms with E-state index in [1.807, 2.05) is 37.3 Å². The number of aromatic amines is 3. The molecule has 0 saturated carbocycles. The Morgan fingerprint density at radius 3 is 1.25 bits per heavy atom. The van der Waals surface area contributed by atoms with Gasteiger partial charge in [0.05, 0.1) is 49.6 Å². The number of H-pyrrole nitrogens is 3. The van der Waals surface area contributed by atoms with Crippen LogP contribution in [0.4, 0.5) is 26.3 Å². The van der Waals surface area contributed by atoms with Crippen molar-refractivity contribution in [3.63, 3.8) is 0 Å². The van der Waals surface area contributed by atoms with Gasteiger partial charge in [-0.05, 0) is 211 Å². The van der Waals surface area contributed by atoms with E-state index < -0.39 is 18.1 Å². The molecule has 3 aliphatic rings. The average Bonchev–Trinajstić information content (AvgIpc) is 1.63. The number of ether oxygens (including phenoxy) is 5. The highest BCUT2D eigenvalue weighted by Gasteiger charge is 2.42. The third-order valence-electron chi connectivity index (χ3n) is 19.0. The summed E-state index contributed by atoms with van der Waals surface area (Å²) < 4.78 is 107. The second-order valence-electron chi connectivity index (χ2n) is 24.1. The first-order chi connectivity index (χ1) is 42.8. The Morgan fingerprint density at radius 1 is 0.438 bits per heavy atom. The van der Waals surface area contributed by atoms with Crippen LogP contribution in [0.3, 0.4) is 0 Å². The molecule has 3 aliphatic heterocycles. The van der Waals surface area contributed by atoms with Gasteiger partial charge in [0.1, 0.15) is 28.3 Å². The van der Waals surface area contributed by atoms with E-state index in [9.17, 15) is 26.3 Å². The molecule has 89 heavy (non-hydrogen) atoms. The van der Waals surface area contributed by atoms with Gasteiger partial charge in [0, 0.05) is 32.7 Å². The zero-order valence-electron chi connectivity index (χ0n) is 53.4. The molecule has 3 N–H and O–H groups in total. The Hall–Kier alpha value is -7.00. The standard InChI is InChI=1S/C25H28F3NO2.C25H28F3NO.C25H31NO2/c1-4-11-24(6-3)23-20(10-12-30-24)21-15-18(13-16(5-2)22(21)29-23)17-8-7-9-19(14-17)31-25(26,27)28;1-4-12-24(6-3)23-19(11-13-30-24)20-15-17(14-16(5-2)22(20)29-23)18-9-7-8-10-21(18)25(26,27)28;1-5-13-25(7-3)24-21(12-14-28-25)22-16-19(15-17(6-2)23(22)26-24)18-8-10-20(27-4)11-9-18/h7-9,13-15,29H,4-6,10-12H2,1-3H3;7-10,14-15,29H,4-6,11-13H2,1-3H3;8-11,15-16,26H,5-7,12-14H2,1-4H3. The number of alkyl halides is 6. The molecular formula is C75H87F6N3O5. The van der Waals surface area contributed by atoms with Crippen LogP contribution in [-0.2, 0) is 75.7 Å². The van der Waals surface area contributed by atoms with Crippen LogP contribution in [-0.4, -0.2) is 48.2 Å². The Labute approximate surface area is 520 Å². The van der Waals surface area contributed by atoms with Gasteiger partial charge in [0.25, 0.3) is 0 Å². The van der Waals surface area contributed by atoms with Gasteiger partial charge >= 0.3 is 12.5 Å². The van der Waals surface area contributed by atoms with Crippen LogP contribution >= 0.6 is 0 Å². The molecule has 474 valence electrons. The summed E-state index contributed by atoms with van der Waals surface area (Å²) in [5, 5.41) is 3.55. The van der Waals surface area contributed by atoms with E-state index in [1.54, 1.807) is 25.3 Å². The van der Waals surface area contributed by atoms with Crippen molar-refractivity contribution in [1.29, 1.82) is 0 Å². The summed E-state index contributed by atoms with van der Waals surface area (Å²) in [6.45, 7) is 21.6. The van der Waals surface area contributed by atoms with Crippen LogP contribution in [0.1, 0.15) is 176 Å². The van der Waals surface area contributed by atoms with E-state index >= 15 is 0 Å². The maximum atomic E-state index is 13.7. The van der Waals surface area contributed by atoms with E-state index in [0.29, 0.717) is 24.3 Å². The number of halogens is 6. The van der Waals surface area contributed by atoms with Gasteiger partial charge in [0.15, 0.2) is 0 Å². The van der Waals surface area contributed by atoms with E-state index in [-0.39, 0.29) is 28.1 Å². The van der Waals surface area contributed by atoms with E-state index in [0.717, 1.165) is 159 Å². The number of hydrogen-bond donors (Lipinski definition) is 3.